The van der Waals surface area contributed by atoms with Crippen LogP contribution in [-0.4, -0.2) is 193 Å². The van der Waals surface area contributed by atoms with Gasteiger partial charge in [0.25, 0.3) is 0 Å². The van der Waals surface area contributed by atoms with Gasteiger partial charge in [0, 0.05) is 108 Å². The molecular weight excluding hydrogens is 1520 g/mol. The molecule has 12 bridgehead atoms. The summed E-state index contributed by atoms with van der Waals surface area (Å²) in [6.45, 7) is 32.3. The van der Waals surface area contributed by atoms with Gasteiger partial charge in [0.05, 0.1) is 10.2 Å². The number of para-hydroxylation sites is 1. The Morgan fingerprint density at radius 1 is 0.381 bits per heavy atom. The molecule has 0 aliphatic carbocycles. The van der Waals surface area contributed by atoms with Gasteiger partial charge in [-0.05, 0) is 305 Å². The second kappa shape index (κ2) is 37.6. The first-order valence-corrected chi connectivity index (χ1v) is 44.9. The molecule has 624 valence electrons. The number of hydrogen-bond acceptors (Lipinski definition) is 15. The monoisotopic (exact) mass is 1640 g/mol. The highest BCUT2D eigenvalue weighted by molar-refractivity contribution is 7.20. The third kappa shape index (κ3) is 20.3. The number of ether oxygens (including phenoxy) is 1. The number of aromatic nitrogens is 1. The lowest BCUT2D eigenvalue weighted by Crippen LogP contribution is -2.50. The maximum absolute atomic E-state index is 12.9. The first-order chi connectivity index (χ1) is 56.8. The van der Waals surface area contributed by atoms with Gasteiger partial charge in [0.2, 0.25) is 0 Å². The molecule has 19 heteroatoms. The number of alkyl halides is 3. The molecule has 26 rings (SSSR count). The van der Waals surface area contributed by atoms with Crippen LogP contribution in [0.25, 0.3) is 21.3 Å². The molecule has 18 aliphatic heterocycles. The fraction of sp³-hybridized carbons (Fsp3) is 0.505. The summed E-state index contributed by atoms with van der Waals surface area (Å²) in [5.74, 6) is 5.83. The quantitative estimate of drug-likeness (QED) is 0.0952. The summed E-state index contributed by atoms with van der Waals surface area (Å²) < 4.78 is 41.2. The second-order valence-electron chi connectivity index (χ2n) is 36.7. The molecule has 14 nitrogen and oxygen atoms in total. The normalized spacial score (nSPS) is 29.1. The van der Waals surface area contributed by atoms with E-state index in [9.17, 15) is 41.9 Å². The van der Waals surface area contributed by atoms with Crippen molar-refractivity contribution < 1.29 is 46.7 Å². The van der Waals surface area contributed by atoms with Crippen LogP contribution in [-0.2, 0) is 5.41 Å². The zero-order chi connectivity index (χ0) is 82.5. The van der Waals surface area contributed by atoms with Crippen LogP contribution in [0.15, 0.2) is 164 Å². The second-order valence-corrected chi connectivity index (χ2v) is 38.2. The van der Waals surface area contributed by atoms with Gasteiger partial charge >= 0.3 is 6.36 Å². The number of benzene rings is 7. The predicted octanol–water partition coefficient (Wildman–Crippen LogP) is 19.3. The number of thiazole rings is 1. The van der Waals surface area contributed by atoms with Crippen LogP contribution >= 0.6 is 22.9 Å². The average Bonchev–Trinajstić information content (AvgIpc) is 1.26. The van der Waals surface area contributed by atoms with Gasteiger partial charge in [-0.2, -0.15) is 0 Å². The van der Waals surface area contributed by atoms with Gasteiger partial charge in [-0.15, -0.1) is 24.5 Å². The molecule has 0 spiro atoms. The number of rotatable bonds is 14. The topological polar surface area (TPSA) is 144 Å². The summed E-state index contributed by atoms with van der Waals surface area (Å²) in [5.41, 5.74) is 12.1. The third-order valence-corrected chi connectivity index (χ3v) is 29.7. The van der Waals surface area contributed by atoms with Crippen molar-refractivity contribution in [2.75, 3.05) is 118 Å². The van der Waals surface area contributed by atoms with Crippen LogP contribution in [0.1, 0.15) is 182 Å². The molecule has 6 atom stereocenters. The van der Waals surface area contributed by atoms with Crippen LogP contribution in [0, 0.1) is 91.8 Å². The Labute approximate surface area is 704 Å². The number of carbonyl (C=O) groups excluding carboxylic acids is 6. The minimum absolute atomic E-state index is 0.0260. The zero-order valence-corrected chi connectivity index (χ0v) is 71.2. The molecule has 0 radical (unpaired) electrons. The van der Waals surface area contributed by atoms with E-state index in [1.54, 1.807) is 11.3 Å². The molecule has 18 saturated heterocycles. The molecular formula is C99H117ClF3N7O7S. The van der Waals surface area contributed by atoms with Crippen molar-refractivity contribution in [3.05, 3.63) is 224 Å². The van der Waals surface area contributed by atoms with Crippen molar-refractivity contribution in [3.63, 3.8) is 0 Å². The van der Waals surface area contributed by atoms with E-state index >= 15 is 0 Å². The first kappa shape index (κ1) is 85.1. The van der Waals surface area contributed by atoms with E-state index in [1.165, 1.54) is 176 Å². The summed E-state index contributed by atoms with van der Waals surface area (Å²) in [6, 6.07) is 51.7. The number of piperidine rings is 18. The maximum atomic E-state index is 12.9. The zero-order valence-electron chi connectivity index (χ0n) is 69.6. The highest BCUT2D eigenvalue weighted by Gasteiger charge is 2.45. The number of Topliss-reactive ketones (excluding diaryl/α,β-unsaturated/α-hetero) is 6. The Hall–Kier alpha value is -7.91. The SMILES string of the molecule is CC(C)(C)c1ccc(C(=O)C2CN3CCC2CC3)cc1.Cc1ccc(Cl)cc1C(=O)C1CN2CCC1CC2.Cc1cccc(C(=O)C2CN3CCC2CC3)c1C.O=C(c1ccc(OC(F)(F)F)cc1)C1CN2CCC1CC2.O=C(c1cccc(-c2ccccc2)c1)C1CN2CCC1CC2.O=C(c1nc2ccccc2s1)C1CN2CCC1CC2. The number of halogens is 4. The number of ketones is 6. The van der Waals surface area contributed by atoms with Gasteiger partial charge in [-0.3, -0.25) is 28.8 Å². The lowest BCUT2D eigenvalue weighted by atomic mass is 9.75. The van der Waals surface area contributed by atoms with Crippen LogP contribution < -0.4 is 4.74 Å². The molecule has 8 aromatic rings. The fourth-order valence-corrected chi connectivity index (χ4v) is 22.2. The first-order valence-electron chi connectivity index (χ1n) is 43.7. The van der Waals surface area contributed by atoms with E-state index in [4.69, 9.17) is 11.6 Å². The highest BCUT2D eigenvalue weighted by Crippen LogP contribution is 2.42. The van der Waals surface area contributed by atoms with Crippen molar-refractivity contribution >= 4 is 67.9 Å². The molecule has 0 N–H and O–H groups in total. The molecule has 0 saturated carbocycles. The molecule has 18 fully saturated rings. The van der Waals surface area contributed by atoms with Crippen LogP contribution in [0.5, 0.6) is 5.75 Å². The molecule has 118 heavy (non-hydrogen) atoms. The highest BCUT2D eigenvalue weighted by atomic mass is 35.5. The van der Waals surface area contributed by atoms with E-state index in [0.717, 1.165) is 109 Å². The summed E-state index contributed by atoms with van der Waals surface area (Å²) in [5, 5.41) is 1.37. The van der Waals surface area contributed by atoms with Gasteiger partial charge < -0.3 is 34.1 Å². The smallest absolute Gasteiger partial charge is 0.406 e. The number of hydrogen-bond donors (Lipinski definition) is 0. The number of carbonyl (C=O) groups is 6. The summed E-state index contributed by atoms with van der Waals surface area (Å²) in [4.78, 5) is 95.3. The lowest BCUT2D eigenvalue weighted by molar-refractivity contribution is -0.274. The molecule has 18 aliphatic rings. The van der Waals surface area contributed by atoms with Crippen molar-refractivity contribution in [1.82, 2.24) is 34.4 Å². The van der Waals surface area contributed by atoms with E-state index in [-0.39, 0.29) is 58.2 Å². The largest absolute Gasteiger partial charge is 0.573 e. The number of fused-ring (bicyclic) bond motifs is 19. The Balaban J connectivity index is 0.000000111. The third-order valence-electron chi connectivity index (χ3n) is 28.5. The van der Waals surface area contributed by atoms with Crippen molar-refractivity contribution in [2.45, 2.75) is 130 Å². The Morgan fingerprint density at radius 2 is 0.763 bits per heavy atom. The van der Waals surface area contributed by atoms with Gasteiger partial charge in [-0.25, -0.2) is 4.98 Å². The number of aryl methyl sites for hydroxylation is 2. The van der Waals surface area contributed by atoms with E-state index in [2.05, 4.69) is 116 Å². The Morgan fingerprint density at radius 3 is 1.18 bits per heavy atom. The molecule has 6 unspecified atom stereocenters. The molecule has 19 heterocycles. The molecule has 7 aromatic carbocycles. The maximum Gasteiger partial charge on any atom is 0.573 e. The van der Waals surface area contributed by atoms with Crippen molar-refractivity contribution in [3.8, 4) is 16.9 Å². The van der Waals surface area contributed by atoms with Crippen LogP contribution in [0.4, 0.5) is 13.2 Å². The van der Waals surface area contributed by atoms with Crippen molar-refractivity contribution in [1.29, 1.82) is 0 Å². The summed E-state index contributed by atoms with van der Waals surface area (Å²) >= 11 is 7.56. The Bertz CT molecular complexity index is 4760. The summed E-state index contributed by atoms with van der Waals surface area (Å²) in [6.07, 6.45) is 9.28. The van der Waals surface area contributed by atoms with Gasteiger partial charge in [0.1, 0.15) is 5.75 Å². The summed E-state index contributed by atoms with van der Waals surface area (Å²) in [7, 11) is 0. The molecule has 0 amide bonds. The van der Waals surface area contributed by atoms with Gasteiger partial charge in [0.15, 0.2) is 39.7 Å². The van der Waals surface area contributed by atoms with Crippen molar-refractivity contribution in [2.24, 2.45) is 71.0 Å². The lowest BCUT2D eigenvalue weighted by Gasteiger charge is -2.44. The number of nitrogens with zero attached hydrogens (tertiary/aromatic N) is 7. The predicted molar refractivity (Wildman–Crippen MR) is 464 cm³/mol. The van der Waals surface area contributed by atoms with Gasteiger partial charge in [-0.1, -0.05) is 142 Å². The van der Waals surface area contributed by atoms with E-state index in [1.807, 2.05) is 104 Å². The molecule has 1 aromatic heterocycles. The average molecular weight is 1640 g/mol. The Kier molecular flexibility index (Phi) is 27.1. The standard InChI is InChI=1S/C20H21NO.C18H25NO.C16H21NO.C15H18ClNO.C15H16F3NO2.C15H16N2OS/c22-20(19-14-21-11-9-16(19)10-12-21)18-8-4-7-17(13-18)15-5-2-1-3-6-15;1-18(2,3)15-6-4-14(5-7-15)17(20)16-12-19-10-8-13(16)9-11-19;1-11-4-3-5-14(12(11)2)16(18)15-10-17-8-6-13(15)7-9-17;1-10-2-3-12(16)8-13(10)15(18)14-9-17-6-4-11(14)5-7-17;16-15(17,18)21-12-3-1-11(2-4-12)14(20)13-9-19-7-5-10(13)6-8-19;18-14(11-9-17-7-5-10(11)6-8-17)15-16-12-3-1-2-4-13(12)19-15/h1-8,13,16,19H,9-12,14H2;4-7,13,16H,8-12H2,1-3H3;3-5,13,15H,6-10H2,1-2H3;2-3,8,11,14H,4-7,9H2,1H3;1-4,10,13H,5-9H2;1-4,10-11H,5-9H2. The van der Waals surface area contributed by atoms with E-state index in [0.29, 0.717) is 74.2 Å². The van der Waals surface area contributed by atoms with Crippen LogP contribution in [0.3, 0.4) is 0 Å². The minimum atomic E-state index is -4.71. The fourth-order valence-electron chi connectivity index (χ4n) is 21.1. The van der Waals surface area contributed by atoms with Crippen LogP contribution in [0.2, 0.25) is 5.02 Å². The van der Waals surface area contributed by atoms with E-state index < -0.39 is 6.36 Å². The minimum Gasteiger partial charge on any atom is -0.406 e.